The molecule has 2 aliphatic rings. The van der Waals surface area contributed by atoms with E-state index in [-0.39, 0.29) is 17.4 Å². The van der Waals surface area contributed by atoms with Gasteiger partial charge in [-0.25, -0.2) is 19.4 Å². The summed E-state index contributed by atoms with van der Waals surface area (Å²) in [5.74, 6) is -0.0901. The number of anilines is 1. The van der Waals surface area contributed by atoms with Gasteiger partial charge in [0.25, 0.3) is 5.91 Å². The first-order chi connectivity index (χ1) is 13.7. The second kappa shape index (κ2) is 7.52. The number of piperazine rings is 1. The maximum absolute atomic E-state index is 14.4. The van der Waals surface area contributed by atoms with Crippen molar-refractivity contribution in [2.45, 2.75) is 6.17 Å². The molecule has 140 valence electrons. The first-order valence-corrected chi connectivity index (χ1v) is 8.79. The molecule has 1 atom stereocenters. The van der Waals surface area contributed by atoms with Crippen molar-refractivity contribution in [3.8, 4) is 6.07 Å². The number of rotatable bonds is 2. The number of carbonyl (C=O) groups is 1. The zero-order valence-electron chi connectivity index (χ0n) is 14.9. The van der Waals surface area contributed by atoms with Crippen molar-refractivity contribution >= 4 is 23.4 Å². The van der Waals surface area contributed by atoms with Crippen LogP contribution in [0.25, 0.3) is 0 Å². The largest absolute Gasteiger partial charge is 0.351 e. The Labute approximate surface area is 160 Å². The van der Waals surface area contributed by atoms with Crippen LogP contribution in [0.5, 0.6) is 0 Å². The Morgan fingerprint density at radius 2 is 1.68 bits per heavy atom. The third-order valence-corrected chi connectivity index (χ3v) is 4.60. The molecule has 1 aromatic heterocycles. The quantitative estimate of drug-likeness (QED) is 0.780. The molecule has 0 bridgehead atoms. The lowest BCUT2D eigenvalue weighted by atomic mass is 10.0. The highest BCUT2D eigenvalue weighted by Crippen LogP contribution is 2.19. The van der Waals surface area contributed by atoms with Crippen molar-refractivity contribution in [3.63, 3.8) is 0 Å². The van der Waals surface area contributed by atoms with Gasteiger partial charge in [0.05, 0.1) is 5.71 Å². The molecule has 0 N–H and O–H groups in total. The van der Waals surface area contributed by atoms with Crippen LogP contribution in [0.4, 0.5) is 10.2 Å². The molecule has 3 heterocycles. The van der Waals surface area contributed by atoms with Gasteiger partial charge in [0.2, 0.25) is 12.1 Å². The van der Waals surface area contributed by atoms with Gasteiger partial charge in [0, 0.05) is 38.6 Å². The number of guanidine groups is 1. The molecule has 0 spiro atoms. The fourth-order valence-corrected chi connectivity index (χ4v) is 3.18. The van der Waals surface area contributed by atoms with Crippen molar-refractivity contribution in [2.75, 3.05) is 31.1 Å². The van der Waals surface area contributed by atoms with E-state index in [2.05, 4.69) is 20.0 Å². The summed E-state index contributed by atoms with van der Waals surface area (Å²) in [6.07, 6.45) is 1.17. The number of nitriles is 1. The standard InChI is InChI=1S/C19H16FN7O/c20-15-16(13-4-2-1-3-5-13)24-19(25-18(15)28)27-10-8-26(9-11-27)17-14(12-21)22-6-7-23-17/h1-7,15H,8-11H2. The molecule has 0 radical (unpaired) electrons. The van der Waals surface area contributed by atoms with Crippen molar-refractivity contribution in [3.05, 3.63) is 54.0 Å². The zero-order chi connectivity index (χ0) is 19.5. The molecule has 4 rings (SSSR count). The van der Waals surface area contributed by atoms with Crippen LogP contribution < -0.4 is 4.90 Å². The molecule has 0 saturated carbocycles. The number of hydrogen-bond donors (Lipinski definition) is 0. The SMILES string of the molecule is N#Cc1nccnc1N1CCN(C2=NC(=O)C(F)C(c3ccccc3)=N2)CC1. The molecule has 2 aromatic rings. The van der Waals surface area contributed by atoms with E-state index in [4.69, 9.17) is 0 Å². The van der Waals surface area contributed by atoms with Crippen molar-refractivity contribution in [2.24, 2.45) is 9.98 Å². The highest BCUT2D eigenvalue weighted by Gasteiger charge is 2.32. The Morgan fingerprint density at radius 1 is 1.00 bits per heavy atom. The molecule has 1 aromatic carbocycles. The maximum Gasteiger partial charge on any atom is 0.289 e. The second-order valence-electron chi connectivity index (χ2n) is 6.29. The first kappa shape index (κ1) is 17.7. The number of alkyl halides is 1. The van der Waals surface area contributed by atoms with Crippen LogP contribution in [-0.4, -0.2) is 64.8 Å². The van der Waals surface area contributed by atoms with Crippen LogP contribution in [-0.2, 0) is 4.79 Å². The topological polar surface area (TPSA) is 97.8 Å². The van der Waals surface area contributed by atoms with Crippen LogP contribution in [0.2, 0.25) is 0 Å². The monoisotopic (exact) mass is 377 g/mol. The van der Waals surface area contributed by atoms with Gasteiger partial charge in [0.1, 0.15) is 6.07 Å². The maximum atomic E-state index is 14.4. The molecule has 0 aliphatic carbocycles. The number of halogens is 1. The Kier molecular flexibility index (Phi) is 4.76. The number of aliphatic imine (C=N–C) groups is 2. The van der Waals surface area contributed by atoms with Crippen LogP contribution in [0.15, 0.2) is 52.7 Å². The van der Waals surface area contributed by atoms with Crippen LogP contribution in [0, 0.1) is 11.3 Å². The summed E-state index contributed by atoms with van der Waals surface area (Å²) in [6.45, 7) is 2.12. The van der Waals surface area contributed by atoms with Gasteiger partial charge < -0.3 is 9.80 Å². The first-order valence-electron chi connectivity index (χ1n) is 8.79. The van der Waals surface area contributed by atoms with Gasteiger partial charge in [0.15, 0.2) is 11.5 Å². The van der Waals surface area contributed by atoms with E-state index >= 15 is 0 Å². The minimum atomic E-state index is -1.86. The van der Waals surface area contributed by atoms with E-state index in [1.165, 1.54) is 6.20 Å². The zero-order valence-corrected chi connectivity index (χ0v) is 14.9. The van der Waals surface area contributed by atoms with Crippen LogP contribution >= 0.6 is 0 Å². The van der Waals surface area contributed by atoms with Gasteiger partial charge in [-0.15, -0.1) is 0 Å². The predicted molar refractivity (Wildman–Crippen MR) is 101 cm³/mol. The van der Waals surface area contributed by atoms with Crippen LogP contribution in [0.3, 0.4) is 0 Å². The van der Waals surface area contributed by atoms with E-state index in [0.29, 0.717) is 37.6 Å². The number of carbonyl (C=O) groups excluding carboxylic acids is 1. The number of amides is 1. The van der Waals surface area contributed by atoms with E-state index < -0.39 is 12.1 Å². The highest BCUT2D eigenvalue weighted by atomic mass is 19.1. The van der Waals surface area contributed by atoms with Gasteiger partial charge in [-0.05, 0) is 5.56 Å². The number of aromatic nitrogens is 2. The van der Waals surface area contributed by atoms with E-state index in [0.717, 1.165) is 0 Å². The Bertz CT molecular complexity index is 991. The Balaban J connectivity index is 1.53. The molecule has 1 amide bonds. The summed E-state index contributed by atoms with van der Waals surface area (Å²) < 4.78 is 14.4. The minimum Gasteiger partial charge on any atom is -0.351 e. The molecule has 28 heavy (non-hydrogen) atoms. The predicted octanol–water partition coefficient (Wildman–Crippen LogP) is 1.19. The molecule has 2 aliphatic heterocycles. The summed E-state index contributed by atoms with van der Waals surface area (Å²) in [7, 11) is 0. The lowest BCUT2D eigenvalue weighted by Crippen LogP contribution is -2.50. The van der Waals surface area contributed by atoms with E-state index in [9.17, 15) is 14.4 Å². The Morgan fingerprint density at radius 3 is 2.39 bits per heavy atom. The molecule has 9 heteroatoms. The van der Waals surface area contributed by atoms with Crippen molar-refractivity contribution in [1.29, 1.82) is 5.26 Å². The summed E-state index contributed by atoms with van der Waals surface area (Å²) in [5, 5.41) is 9.20. The number of benzene rings is 1. The fraction of sp³-hybridized carbons (Fsp3) is 0.263. The third kappa shape index (κ3) is 3.32. The third-order valence-electron chi connectivity index (χ3n) is 4.60. The average molecular weight is 377 g/mol. The molecule has 1 saturated heterocycles. The normalized spacial score (nSPS) is 19.7. The van der Waals surface area contributed by atoms with Gasteiger partial charge in [-0.1, -0.05) is 30.3 Å². The molecule has 8 nitrogen and oxygen atoms in total. The lowest BCUT2D eigenvalue weighted by molar-refractivity contribution is -0.120. The lowest BCUT2D eigenvalue weighted by Gasteiger charge is -2.36. The molecular formula is C19H16FN7O. The van der Waals surface area contributed by atoms with E-state index in [1.54, 1.807) is 30.5 Å². The fourth-order valence-electron chi connectivity index (χ4n) is 3.18. The van der Waals surface area contributed by atoms with Crippen molar-refractivity contribution in [1.82, 2.24) is 14.9 Å². The Hall–Kier alpha value is -3.67. The summed E-state index contributed by atoms with van der Waals surface area (Å²) in [6, 6.07) is 10.8. The summed E-state index contributed by atoms with van der Waals surface area (Å²) in [5.41, 5.74) is 0.914. The van der Waals surface area contributed by atoms with Crippen molar-refractivity contribution < 1.29 is 9.18 Å². The van der Waals surface area contributed by atoms with Crippen LogP contribution in [0.1, 0.15) is 11.3 Å². The number of hydrogen-bond acceptors (Lipinski definition) is 7. The average Bonchev–Trinajstić information content (AvgIpc) is 2.76. The summed E-state index contributed by atoms with van der Waals surface area (Å²) in [4.78, 5) is 32.3. The number of nitrogens with zero attached hydrogens (tertiary/aromatic N) is 7. The van der Waals surface area contributed by atoms with E-state index in [1.807, 2.05) is 21.9 Å². The molecular weight excluding hydrogens is 361 g/mol. The highest BCUT2D eigenvalue weighted by molar-refractivity contribution is 6.23. The second-order valence-corrected chi connectivity index (χ2v) is 6.29. The van der Waals surface area contributed by atoms with Gasteiger partial charge in [-0.2, -0.15) is 10.3 Å². The minimum absolute atomic E-state index is 0.0822. The van der Waals surface area contributed by atoms with Gasteiger partial charge in [-0.3, -0.25) is 4.79 Å². The molecule has 1 unspecified atom stereocenters. The van der Waals surface area contributed by atoms with Gasteiger partial charge >= 0.3 is 0 Å². The smallest absolute Gasteiger partial charge is 0.289 e. The molecule has 1 fully saturated rings. The summed E-state index contributed by atoms with van der Waals surface area (Å²) >= 11 is 0.